The van der Waals surface area contributed by atoms with E-state index in [9.17, 15) is 4.79 Å². The van der Waals surface area contributed by atoms with Crippen LogP contribution >= 0.6 is 0 Å². The van der Waals surface area contributed by atoms with Gasteiger partial charge in [0.05, 0.1) is 6.61 Å². The van der Waals surface area contributed by atoms with E-state index in [2.05, 4.69) is 18.1 Å². The first-order valence-corrected chi connectivity index (χ1v) is 8.53. The lowest BCUT2D eigenvalue weighted by molar-refractivity contribution is 0.0703. The van der Waals surface area contributed by atoms with Gasteiger partial charge in [0.2, 0.25) is 8.32 Å². The van der Waals surface area contributed by atoms with Gasteiger partial charge in [0.15, 0.2) is 0 Å². The first-order chi connectivity index (χ1) is 7.58. The number of hydrogen-bond donors (Lipinski definition) is 0. The Labute approximate surface area is 96.4 Å². The van der Waals surface area contributed by atoms with Crippen molar-refractivity contribution < 1.29 is 9.22 Å². The third-order valence-corrected chi connectivity index (χ3v) is 4.77. The summed E-state index contributed by atoms with van der Waals surface area (Å²) in [7, 11) is -1.66. The Morgan fingerprint density at radius 2 is 2.12 bits per heavy atom. The van der Waals surface area contributed by atoms with Gasteiger partial charge < -0.3 is 9.33 Å². The minimum Gasteiger partial charge on any atom is -0.414 e. The molecule has 1 saturated heterocycles. The first-order valence-electron chi connectivity index (χ1n) is 5.42. The van der Waals surface area contributed by atoms with Gasteiger partial charge in [-0.15, -0.1) is 0 Å². The van der Waals surface area contributed by atoms with Gasteiger partial charge in [0.1, 0.15) is 0 Å². The summed E-state index contributed by atoms with van der Waals surface area (Å²) in [5, 5.41) is 0. The van der Waals surface area contributed by atoms with Crippen molar-refractivity contribution in [3.05, 3.63) is 30.1 Å². The highest BCUT2D eigenvalue weighted by atomic mass is 28.4. The molecule has 2 heterocycles. The minimum atomic E-state index is -1.66. The van der Waals surface area contributed by atoms with E-state index in [0.29, 0.717) is 18.7 Å². The van der Waals surface area contributed by atoms with Gasteiger partial charge in [0.25, 0.3) is 5.91 Å². The number of nitrogens with zero attached hydrogens (tertiary/aromatic N) is 2. The minimum absolute atomic E-state index is 0.0891. The second kappa shape index (κ2) is 4.35. The highest BCUT2D eigenvalue weighted by Crippen LogP contribution is 2.15. The van der Waals surface area contributed by atoms with Crippen molar-refractivity contribution in [3.63, 3.8) is 0 Å². The standard InChI is InChI=1S/C11H16N2O2Si/c1-16(2)9-13(7-8-15-16)11(14)10-3-5-12-6-4-10/h3-6H,7-9H2,1-2H3. The summed E-state index contributed by atoms with van der Waals surface area (Å²) in [5.41, 5.74) is 0.710. The molecule has 0 aromatic carbocycles. The van der Waals surface area contributed by atoms with Crippen molar-refractivity contribution in [2.24, 2.45) is 0 Å². The molecule has 4 nitrogen and oxygen atoms in total. The summed E-state index contributed by atoms with van der Waals surface area (Å²) in [6, 6.07) is 3.51. The van der Waals surface area contributed by atoms with Crippen LogP contribution in [0.2, 0.25) is 13.1 Å². The molecule has 0 aliphatic carbocycles. The maximum absolute atomic E-state index is 12.2. The molecule has 1 aromatic heterocycles. The highest BCUT2D eigenvalue weighted by Gasteiger charge is 2.32. The Morgan fingerprint density at radius 3 is 2.75 bits per heavy atom. The van der Waals surface area contributed by atoms with E-state index in [1.165, 1.54) is 0 Å². The van der Waals surface area contributed by atoms with E-state index < -0.39 is 8.32 Å². The Morgan fingerprint density at radius 1 is 1.44 bits per heavy atom. The van der Waals surface area contributed by atoms with Crippen molar-refractivity contribution >= 4 is 14.2 Å². The molecule has 0 spiro atoms. The average Bonchev–Trinajstić information content (AvgIpc) is 2.28. The molecule has 1 fully saturated rings. The second-order valence-corrected chi connectivity index (χ2v) is 8.70. The normalized spacial score (nSPS) is 19.5. The van der Waals surface area contributed by atoms with Crippen LogP contribution in [0.25, 0.3) is 0 Å². The Bertz CT molecular complexity index is 381. The SMILES string of the molecule is C[Si]1(C)CN(C(=O)c2ccncc2)CCO1. The van der Waals surface area contributed by atoms with Gasteiger partial charge >= 0.3 is 0 Å². The third-order valence-electron chi connectivity index (χ3n) is 2.64. The van der Waals surface area contributed by atoms with Crippen LogP contribution in [0.3, 0.4) is 0 Å². The summed E-state index contributed by atoms with van der Waals surface area (Å²) in [5.74, 6) is 0.0891. The largest absolute Gasteiger partial charge is 0.414 e. The van der Waals surface area contributed by atoms with Crippen LogP contribution < -0.4 is 0 Å². The summed E-state index contributed by atoms with van der Waals surface area (Å²) in [6.45, 7) is 5.63. The van der Waals surface area contributed by atoms with Gasteiger partial charge in [-0.3, -0.25) is 9.78 Å². The summed E-state index contributed by atoms with van der Waals surface area (Å²) >= 11 is 0. The molecule has 1 amide bonds. The maximum atomic E-state index is 12.2. The zero-order valence-corrected chi connectivity index (χ0v) is 10.6. The summed E-state index contributed by atoms with van der Waals surface area (Å²) in [6.07, 6.45) is 4.07. The van der Waals surface area contributed by atoms with E-state index in [-0.39, 0.29) is 5.91 Å². The molecule has 2 rings (SSSR count). The van der Waals surface area contributed by atoms with Gasteiger partial charge in [-0.1, -0.05) is 0 Å². The van der Waals surface area contributed by atoms with Crippen molar-refractivity contribution in [3.8, 4) is 0 Å². The smallest absolute Gasteiger partial charge is 0.253 e. The molecule has 86 valence electrons. The molecule has 1 aliphatic heterocycles. The predicted molar refractivity (Wildman–Crippen MR) is 63.6 cm³/mol. The topological polar surface area (TPSA) is 42.4 Å². The molecule has 0 bridgehead atoms. The Kier molecular flexibility index (Phi) is 3.07. The average molecular weight is 236 g/mol. The molecular weight excluding hydrogens is 220 g/mol. The Hall–Kier alpha value is -1.20. The molecule has 0 radical (unpaired) electrons. The number of hydrogen-bond acceptors (Lipinski definition) is 3. The lowest BCUT2D eigenvalue weighted by Gasteiger charge is -2.36. The summed E-state index contributed by atoms with van der Waals surface area (Å²) < 4.78 is 5.71. The third kappa shape index (κ3) is 2.48. The number of amides is 1. The molecule has 5 heteroatoms. The van der Waals surface area contributed by atoms with Gasteiger partial charge in [-0.2, -0.15) is 0 Å². The van der Waals surface area contributed by atoms with E-state index in [0.717, 1.165) is 6.17 Å². The molecule has 16 heavy (non-hydrogen) atoms. The van der Waals surface area contributed by atoms with Crippen molar-refractivity contribution in [1.82, 2.24) is 9.88 Å². The first kappa shape index (κ1) is 11.3. The van der Waals surface area contributed by atoms with Crippen LogP contribution in [0.4, 0.5) is 0 Å². The fraction of sp³-hybridized carbons (Fsp3) is 0.455. The lowest BCUT2D eigenvalue weighted by atomic mass is 10.2. The fourth-order valence-electron chi connectivity index (χ4n) is 1.87. The maximum Gasteiger partial charge on any atom is 0.253 e. The number of pyridine rings is 1. The molecule has 0 saturated carbocycles. The number of rotatable bonds is 1. The van der Waals surface area contributed by atoms with E-state index in [1.807, 2.05) is 4.90 Å². The fourth-order valence-corrected chi connectivity index (χ4v) is 3.82. The van der Waals surface area contributed by atoms with Crippen molar-refractivity contribution in [2.75, 3.05) is 19.3 Å². The molecule has 0 atom stereocenters. The molecule has 0 unspecified atom stereocenters. The quantitative estimate of drug-likeness (QED) is 0.690. The van der Waals surface area contributed by atoms with Crippen molar-refractivity contribution in [1.29, 1.82) is 0 Å². The molecule has 0 N–H and O–H groups in total. The monoisotopic (exact) mass is 236 g/mol. The zero-order chi connectivity index (χ0) is 11.6. The predicted octanol–water partition coefficient (Wildman–Crippen LogP) is 1.30. The zero-order valence-electron chi connectivity index (χ0n) is 9.64. The van der Waals surface area contributed by atoms with Gasteiger partial charge in [-0.25, -0.2) is 0 Å². The molecular formula is C11H16N2O2Si. The number of carbonyl (C=O) groups is 1. The van der Waals surface area contributed by atoms with Crippen LogP contribution in [-0.2, 0) is 4.43 Å². The van der Waals surface area contributed by atoms with Crippen LogP contribution in [0, 0.1) is 0 Å². The van der Waals surface area contributed by atoms with E-state index in [4.69, 9.17) is 4.43 Å². The Balaban J connectivity index is 2.11. The van der Waals surface area contributed by atoms with Crippen LogP contribution in [0.15, 0.2) is 24.5 Å². The van der Waals surface area contributed by atoms with Crippen molar-refractivity contribution in [2.45, 2.75) is 13.1 Å². The van der Waals surface area contributed by atoms with Crippen LogP contribution in [0.1, 0.15) is 10.4 Å². The number of aromatic nitrogens is 1. The van der Waals surface area contributed by atoms with E-state index >= 15 is 0 Å². The lowest BCUT2D eigenvalue weighted by Crippen LogP contribution is -2.53. The van der Waals surface area contributed by atoms with Crippen LogP contribution in [-0.4, -0.2) is 43.4 Å². The van der Waals surface area contributed by atoms with Gasteiger partial charge in [-0.05, 0) is 25.2 Å². The molecule has 1 aliphatic rings. The molecule has 1 aromatic rings. The second-order valence-electron chi connectivity index (χ2n) is 4.57. The highest BCUT2D eigenvalue weighted by molar-refractivity contribution is 6.71. The van der Waals surface area contributed by atoms with E-state index in [1.54, 1.807) is 24.5 Å². The van der Waals surface area contributed by atoms with Crippen LogP contribution in [0.5, 0.6) is 0 Å². The van der Waals surface area contributed by atoms with Gasteiger partial charge in [0, 0.05) is 30.7 Å². The summed E-state index contributed by atoms with van der Waals surface area (Å²) in [4.78, 5) is 18.0. The number of carbonyl (C=O) groups excluding carboxylic acids is 1.